The van der Waals surface area contributed by atoms with E-state index in [9.17, 15) is 26.5 Å². The first-order valence-corrected chi connectivity index (χ1v) is 8.55. The highest BCUT2D eigenvalue weighted by molar-refractivity contribution is 8.37. The van der Waals surface area contributed by atoms with Crippen LogP contribution in [0.25, 0.3) is 0 Å². The number of rotatable bonds is 5. The molecule has 0 radical (unpaired) electrons. The first-order valence-electron chi connectivity index (χ1n) is 6.97. The monoisotopic (exact) mass is 411 g/mol. The first kappa shape index (κ1) is 20.6. The summed E-state index contributed by atoms with van der Waals surface area (Å²) >= 11 is 0. The zero-order valence-electron chi connectivity index (χ0n) is 13.6. The summed E-state index contributed by atoms with van der Waals surface area (Å²) in [5.74, 6) is -1.18. The Kier molecular flexibility index (Phi) is 5.68. The maximum absolute atomic E-state index is 15.1. The van der Waals surface area contributed by atoms with Crippen molar-refractivity contribution < 1.29 is 44.7 Å². The van der Waals surface area contributed by atoms with Crippen LogP contribution in [-0.2, 0) is 22.2 Å². The molecule has 1 aromatic rings. The molecule has 150 valence electrons. The lowest BCUT2D eigenvalue weighted by atomic mass is 10.2. The van der Waals surface area contributed by atoms with Crippen molar-refractivity contribution in [1.82, 2.24) is 9.78 Å². The van der Waals surface area contributed by atoms with Crippen LogP contribution in [0.5, 0.6) is 5.88 Å². The fourth-order valence-electron chi connectivity index (χ4n) is 2.26. The molecule has 0 saturated carbocycles. The molecule has 26 heavy (non-hydrogen) atoms. The summed E-state index contributed by atoms with van der Waals surface area (Å²) in [7, 11) is -2.35. The van der Waals surface area contributed by atoms with Crippen molar-refractivity contribution in [2.45, 2.75) is 37.7 Å². The molecule has 7 nitrogen and oxygen atoms in total. The van der Waals surface area contributed by atoms with Crippen LogP contribution in [0.15, 0.2) is 5.16 Å². The molecule has 1 aromatic heterocycles. The molecule has 1 aliphatic heterocycles. The molecule has 0 saturated heterocycles. The third kappa shape index (κ3) is 3.71. The van der Waals surface area contributed by atoms with Crippen molar-refractivity contribution >= 4 is 15.6 Å². The van der Waals surface area contributed by atoms with Gasteiger partial charge in [0.25, 0.3) is 0 Å². The molecule has 14 heteroatoms. The van der Waals surface area contributed by atoms with Crippen molar-refractivity contribution in [1.29, 1.82) is 0 Å². The van der Waals surface area contributed by atoms with E-state index in [1.165, 1.54) is 6.92 Å². The highest BCUT2D eigenvalue weighted by atomic mass is 32.3. The topological polar surface area (TPSA) is 78.1 Å². The van der Waals surface area contributed by atoms with E-state index in [-0.39, 0.29) is 11.5 Å². The lowest BCUT2D eigenvalue weighted by molar-refractivity contribution is -0.142. The molecule has 0 amide bonds. The van der Waals surface area contributed by atoms with Crippen LogP contribution in [0.3, 0.4) is 0 Å². The minimum absolute atomic E-state index is 0.118. The normalized spacial score (nSPS) is 22.6. The Morgan fingerprint density at radius 2 is 1.96 bits per heavy atom. The van der Waals surface area contributed by atoms with Gasteiger partial charge in [-0.25, -0.2) is 9.07 Å². The van der Waals surface area contributed by atoms with Gasteiger partial charge in [-0.15, -0.1) is 10.6 Å². The van der Waals surface area contributed by atoms with Gasteiger partial charge in [-0.1, -0.05) is 5.16 Å². The molecular weight excluding hydrogens is 396 g/mol. The third-order valence-electron chi connectivity index (χ3n) is 3.39. The van der Waals surface area contributed by atoms with Crippen LogP contribution >= 0.6 is 10.6 Å². The molecule has 3 unspecified atom stereocenters. The van der Waals surface area contributed by atoms with Gasteiger partial charge in [0.2, 0.25) is 11.4 Å². The molecule has 0 fully saturated rings. The standard InChI is InChI=1S/C12H15F6N3O4S/c1-5-4-6(20-25-5)26(22,23-3)9(13)7-8(12(16,17)18)19-21(2)10(7)24-11(14)15/h5,9,11,22H,4H2,1-3H3. The van der Waals surface area contributed by atoms with Gasteiger partial charge in [0.05, 0.1) is 7.11 Å². The summed E-state index contributed by atoms with van der Waals surface area (Å²) in [6.45, 7) is -2.02. The molecule has 0 bridgehead atoms. The summed E-state index contributed by atoms with van der Waals surface area (Å²) < 4.78 is 99.5. The van der Waals surface area contributed by atoms with Crippen molar-refractivity contribution in [3.8, 4) is 5.88 Å². The van der Waals surface area contributed by atoms with Crippen molar-refractivity contribution in [2.24, 2.45) is 12.2 Å². The van der Waals surface area contributed by atoms with E-state index in [2.05, 4.69) is 15.0 Å². The van der Waals surface area contributed by atoms with E-state index in [0.717, 1.165) is 14.2 Å². The van der Waals surface area contributed by atoms with Gasteiger partial charge in [0.15, 0.2) is 10.7 Å². The molecular formula is C12H15F6N3O4S. The van der Waals surface area contributed by atoms with Crippen LogP contribution in [0.4, 0.5) is 26.3 Å². The SMILES string of the molecule is COS(O)(C1=NOC(C)C1)C(F)c1c(C(F)(F)F)nn(C)c1OC(F)F. The lowest BCUT2D eigenvalue weighted by Crippen LogP contribution is -2.21. The van der Waals surface area contributed by atoms with E-state index in [1.54, 1.807) is 0 Å². The number of oxime groups is 1. The number of ether oxygens (including phenoxy) is 1. The largest absolute Gasteiger partial charge is 0.435 e. The van der Waals surface area contributed by atoms with Crippen molar-refractivity contribution in [3.05, 3.63) is 11.3 Å². The number of hydrogen-bond donors (Lipinski definition) is 1. The zero-order chi connectivity index (χ0) is 19.9. The smallest absolute Gasteiger partial charge is 0.417 e. The zero-order valence-corrected chi connectivity index (χ0v) is 14.4. The molecule has 1 N–H and O–H groups in total. The van der Waals surface area contributed by atoms with E-state index in [0.29, 0.717) is 4.68 Å². The molecule has 0 aliphatic carbocycles. The summed E-state index contributed by atoms with van der Waals surface area (Å²) in [4.78, 5) is 4.80. The molecule has 0 aromatic carbocycles. The summed E-state index contributed by atoms with van der Waals surface area (Å²) in [6, 6.07) is 0. The van der Waals surface area contributed by atoms with Gasteiger partial charge < -0.3 is 9.57 Å². The fraction of sp³-hybridized carbons (Fsp3) is 0.667. The van der Waals surface area contributed by atoms with Crippen LogP contribution in [-0.4, -0.2) is 39.2 Å². The number of alkyl halides is 6. The minimum atomic E-state index is -5.20. The molecule has 3 atom stereocenters. The Labute approximate surface area is 145 Å². The van der Waals surface area contributed by atoms with Crippen molar-refractivity contribution in [3.63, 3.8) is 0 Å². The van der Waals surface area contributed by atoms with Gasteiger partial charge in [-0.3, -0.25) is 8.74 Å². The second-order valence-corrected chi connectivity index (χ2v) is 7.58. The number of aromatic nitrogens is 2. The Morgan fingerprint density at radius 1 is 1.35 bits per heavy atom. The van der Waals surface area contributed by atoms with Crippen LogP contribution < -0.4 is 4.74 Å². The highest BCUT2D eigenvalue weighted by Gasteiger charge is 2.49. The molecule has 0 spiro atoms. The van der Waals surface area contributed by atoms with Gasteiger partial charge in [0, 0.05) is 13.5 Å². The lowest BCUT2D eigenvalue weighted by Gasteiger charge is -2.38. The number of nitrogens with zero attached hydrogens (tertiary/aromatic N) is 3. The minimum Gasteiger partial charge on any atom is -0.417 e. The number of hydrogen-bond acceptors (Lipinski definition) is 6. The van der Waals surface area contributed by atoms with Crippen LogP contribution in [0.1, 0.15) is 30.1 Å². The maximum Gasteiger partial charge on any atom is 0.435 e. The molecule has 2 heterocycles. The van der Waals surface area contributed by atoms with Gasteiger partial charge >= 0.3 is 12.8 Å². The first-order chi connectivity index (χ1) is 11.9. The summed E-state index contributed by atoms with van der Waals surface area (Å²) in [5, 5.41) is 6.09. The van der Waals surface area contributed by atoms with Gasteiger partial charge in [-0.05, 0) is 6.92 Å². The fourth-order valence-corrected chi connectivity index (χ4v) is 4.02. The Morgan fingerprint density at radius 3 is 2.38 bits per heavy atom. The van der Waals surface area contributed by atoms with Crippen LogP contribution in [0.2, 0.25) is 0 Å². The average molecular weight is 411 g/mol. The van der Waals surface area contributed by atoms with Crippen LogP contribution in [0, 0.1) is 0 Å². The Balaban J connectivity index is 2.60. The number of halogens is 6. The average Bonchev–Trinajstić information content (AvgIpc) is 3.10. The third-order valence-corrected chi connectivity index (χ3v) is 5.62. The van der Waals surface area contributed by atoms with Crippen molar-refractivity contribution in [2.75, 3.05) is 7.11 Å². The number of aryl methyl sites for hydroxylation is 1. The predicted octanol–water partition coefficient (Wildman–Crippen LogP) is 3.97. The summed E-state index contributed by atoms with van der Waals surface area (Å²) in [5.41, 5.74) is -6.14. The second kappa shape index (κ2) is 7.15. The Hall–Kier alpha value is -1.67. The van der Waals surface area contributed by atoms with Gasteiger partial charge in [0.1, 0.15) is 11.7 Å². The van der Waals surface area contributed by atoms with Gasteiger partial charge in [-0.2, -0.15) is 27.1 Å². The van der Waals surface area contributed by atoms with E-state index < -0.39 is 52.1 Å². The van der Waals surface area contributed by atoms with E-state index in [4.69, 9.17) is 9.02 Å². The maximum atomic E-state index is 15.1. The van der Waals surface area contributed by atoms with E-state index >= 15 is 4.39 Å². The molecule has 2 rings (SSSR count). The quantitative estimate of drug-likeness (QED) is 0.742. The predicted molar refractivity (Wildman–Crippen MR) is 78.5 cm³/mol. The van der Waals surface area contributed by atoms with E-state index in [1.807, 2.05) is 0 Å². The Bertz CT molecular complexity index is 697. The summed E-state index contributed by atoms with van der Waals surface area (Å²) in [6.07, 6.45) is -5.89. The highest BCUT2D eigenvalue weighted by Crippen LogP contribution is 2.63. The molecule has 1 aliphatic rings. The second-order valence-electron chi connectivity index (χ2n) is 5.22.